The highest BCUT2D eigenvalue weighted by Crippen LogP contribution is 2.22. The van der Waals surface area contributed by atoms with Gasteiger partial charge in [-0.2, -0.15) is 0 Å². The lowest BCUT2D eigenvalue weighted by atomic mass is 9.96. The fourth-order valence-electron chi connectivity index (χ4n) is 3.09. The molecule has 7 nitrogen and oxygen atoms in total. The average molecular weight is 297 g/mol. The predicted octanol–water partition coefficient (Wildman–Crippen LogP) is 0.361. The molecule has 2 aliphatic heterocycles. The Kier molecular flexibility index (Phi) is 5.03. The highest BCUT2D eigenvalue weighted by Gasteiger charge is 2.33. The lowest BCUT2D eigenvalue weighted by Gasteiger charge is -2.38. The first kappa shape index (κ1) is 15.6. The normalized spacial score (nSPS) is 23.8. The molecule has 2 saturated heterocycles. The second-order valence-corrected chi connectivity index (χ2v) is 5.78. The van der Waals surface area contributed by atoms with E-state index in [-0.39, 0.29) is 23.8 Å². The summed E-state index contributed by atoms with van der Waals surface area (Å²) in [5.74, 6) is -1.27. The van der Waals surface area contributed by atoms with E-state index in [0.717, 1.165) is 12.8 Å². The van der Waals surface area contributed by atoms with Crippen LogP contribution in [0.4, 0.5) is 4.79 Å². The van der Waals surface area contributed by atoms with Crippen molar-refractivity contribution in [3.63, 3.8) is 0 Å². The van der Waals surface area contributed by atoms with Gasteiger partial charge in [0.25, 0.3) is 0 Å². The number of hydrogen-bond acceptors (Lipinski definition) is 3. The van der Waals surface area contributed by atoms with Gasteiger partial charge >= 0.3 is 12.0 Å². The van der Waals surface area contributed by atoms with Crippen LogP contribution in [0.3, 0.4) is 0 Å². The Morgan fingerprint density at radius 3 is 2.24 bits per heavy atom. The first-order valence-electron chi connectivity index (χ1n) is 7.51. The maximum Gasteiger partial charge on any atom is 0.320 e. The number of carboxylic acids is 1. The van der Waals surface area contributed by atoms with Crippen LogP contribution in [0.15, 0.2) is 0 Å². The minimum Gasteiger partial charge on any atom is -0.481 e. The number of piperidine rings is 2. The number of nitrogens with one attached hydrogen (secondary N) is 1. The Morgan fingerprint density at radius 1 is 1.00 bits per heavy atom. The van der Waals surface area contributed by atoms with Crippen LogP contribution >= 0.6 is 0 Å². The van der Waals surface area contributed by atoms with E-state index in [1.54, 1.807) is 16.8 Å². The molecule has 2 N–H and O–H groups in total. The van der Waals surface area contributed by atoms with Gasteiger partial charge in [-0.3, -0.25) is 9.59 Å². The SMILES string of the molecule is CNC(=O)C1CCCN(C(=O)N2CCC(C(=O)O)CC2)C1. The van der Waals surface area contributed by atoms with E-state index >= 15 is 0 Å². The van der Waals surface area contributed by atoms with Crippen LogP contribution in [0, 0.1) is 11.8 Å². The number of likely N-dealkylation sites (tertiary alicyclic amines) is 2. The van der Waals surface area contributed by atoms with Gasteiger partial charge in [-0.15, -0.1) is 0 Å². The van der Waals surface area contributed by atoms with Gasteiger partial charge in [-0.1, -0.05) is 0 Å². The van der Waals surface area contributed by atoms with E-state index in [9.17, 15) is 14.4 Å². The number of carboxylic acid groups (broad SMARTS) is 1. The number of carbonyl (C=O) groups excluding carboxylic acids is 2. The summed E-state index contributed by atoms with van der Waals surface area (Å²) in [4.78, 5) is 38.5. The van der Waals surface area contributed by atoms with Crippen molar-refractivity contribution in [2.24, 2.45) is 11.8 Å². The van der Waals surface area contributed by atoms with Gasteiger partial charge in [-0.05, 0) is 25.7 Å². The monoisotopic (exact) mass is 297 g/mol. The lowest BCUT2D eigenvalue weighted by Crippen LogP contribution is -2.52. The van der Waals surface area contributed by atoms with Crippen molar-refractivity contribution < 1.29 is 19.5 Å². The van der Waals surface area contributed by atoms with Crippen LogP contribution in [0.2, 0.25) is 0 Å². The highest BCUT2D eigenvalue weighted by atomic mass is 16.4. The molecule has 2 fully saturated rings. The topological polar surface area (TPSA) is 90.0 Å². The molecule has 7 heteroatoms. The molecule has 0 spiro atoms. The maximum atomic E-state index is 12.5. The van der Waals surface area contributed by atoms with Crippen LogP contribution in [-0.4, -0.2) is 66.0 Å². The van der Waals surface area contributed by atoms with Crippen molar-refractivity contribution in [1.29, 1.82) is 0 Å². The first-order chi connectivity index (χ1) is 10.0. The molecule has 1 atom stereocenters. The van der Waals surface area contributed by atoms with Crippen LogP contribution in [0.25, 0.3) is 0 Å². The fraction of sp³-hybridized carbons (Fsp3) is 0.786. The molecule has 0 aromatic heterocycles. The molecule has 118 valence electrons. The lowest BCUT2D eigenvalue weighted by molar-refractivity contribution is -0.143. The Morgan fingerprint density at radius 2 is 1.67 bits per heavy atom. The van der Waals surface area contributed by atoms with Crippen LogP contribution in [-0.2, 0) is 9.59 Å². The number of amides is 3. The van der Waals surface area contributed by atoms with Crippen LogP contribution in [0.1, 0.15) is 25.7 Å². The zero-order chi connectivity index (χ0) is 15.4. The molecule has 21 heavy (non-hydrogen) atoms. The van der Waals surface area contributed by atoms with Gasteiger partial charge in [0, 0.05) is 33.2 Å². The van der Waals surface area contributed by atoms with Crippen LogP contribution in [0.5, 0.6) is 0 Å². The maximum absolute atomic E-state index is 12.5. The zero-order valence-electron chi connectivity index (χ0n) is 12.4. The predicted molar refractivity (Wildman–Crippen MR) is 75.7 cm³/mol. The summed E-state index contributed by atoms with van der Waals surface area (Å²) in [6, 6.07) is -0.0626. The first-order valence-corrected chi connectivity index (χ1v) is 7.51. The zero-order valence-corrected chi connectivity index (χ0v) is 12.4. The van der Waals surface area contributed by atoms with Crippen molar-refractivity contribution >= 4 is 17.9 Å². The third-order valence-electron chi connectivity index (χ3n) is 4.42. The molecular weight excluding hydrogens is 274 g/mol. The Balaban J connectivity index is 1.88. The Labute approximate surface area is 124 Å². The summed E-state index contributed by atoms with van der Waals surface area (Å²) < 4.78 is 0. The number of carbonyl (C=O) groups is 3. The number of aliphatic carboxylic acids is 1. The summed E-state index contributed by atoms with van der Waals surface area (Å²) in [6.07, 6.45) is 2.65. The van der Waals surface area contributed by atoms with E-state index in [2.05, 4.69) is 5.32 Å². The number of urea groups is 1. The van der Waals surface area contributed by atoms with E-state index < -0.39 is 5.97 Å². The molecule has 0 aromatic rings. The molecule has 1 unspecified atom stereocenters. The summed E-state index contributed by atoms with van der Waals surface area (Å²) in [6.45, 7) is 2.09. The molecule has 0 aliphatic carbocycles. The van der Waals surface area contributed by atoms with Gasteiger partial charge < -0.3 is 20.2 Å². The van der Waals surface area contributed by atoms with Crippen LogP contribution < -0.4 is 5.32 Å². The second-order valence-electron chi connectivity index (χ2n) is 5.78. The smallest absolute Gasteiger partial charge is 0.320 e. The van der Waals surface area contributed by atoms with Gasteiger partial charge in [0.05, 0.1) is 11.8 Å². The van der Waals surface area contributed by atoms with Gasteiger partial charge in [0.15, 0.2) is 0 Å². The summed E-state index contributed by atoms with van der Waals surface area (Å²) >= 11 is 0. The molecule has 0 bridgehead atoms. The Hall–Kier alpha value is -1.79. The molecule has 0 saturated carbocycles. The molecule has 3 amide bonds. The van der Waals surface area contributed by atoms with Gasteiger partial charge in [0.1, 0.15) is 0 Å². The molecule has 2 rings (SSSR count). The number of hydrogen-bond donors (Lipinski definition) is 2. The Bertz CT molecular complexity index is 418. The van der Waals surface area contributed by atoms with E-state index in [0.29, 0.717) is 39.0 Å². The quantitative estimate of drug-likeness (QED) is 0.770. The standard InChI is InChI=1S/C14H23N3O4/c1-15-12(18)11-3-2-6-17(9-11)14(21)16-7-4-10(5-8-16)13(19)20/h10-11H,2-9H2,1H3,(H,15,18)(H,19,20). The van der Waals surface area contributed by atoms with Gasteiger partial charge in [-0.25, -0.2) is 4.79 Å². The minimum atomic E-state index is -0.778. The van der Waals surface area contributed by atoms with E-state index in [1.807, 2.05) is 0 Å². The largest absolute Gasteiger partial charge is 0.481 e. The molecule has 2 heterocycles. The summed E-state index contributed by atoms with van der Waals surface area (Å²) in [7, 11) is 1.61. The van der Waals surface area contributed by atoms with E-state index in [1.165, 1.54) is 0 Å². The molecular formula is C14H23N3O4. The third-order valence-corrected chi connectivity index (χ3v) is 4.42. The molecule has 0 aromatic carbocycles. The summed E-state index contributed by atoms with van der Waals surface area (Å²) in [5.41, 5.74) is 0. The third kappa shape index (κ3) is 3.65. The fourth-order valence-corrected chi connectivity index (χ4v) is 3.09. The van der Waals surface area contributed by atoms with Crippen molar-refractivity contribution in [2.45, 2.75) is 25.7 Å². The second kappa shape index (κ2) is 6.78. The minimum absolute atomic E-state index is 0.0166. The highest BCUT2D eigenvalue weighted by molar-refractivity contribution is 5.80. The van der Waals surface area contributed by atoms with Crippen molar-refractivity contribution in [2.75, 3.05) is 33.2 Å². The average Bonchev–Trinajstić information content (AvgIpc) is 2.53. The number of rotatable bonds is 2. The van der Waals surface area contributed by atoms with Crippen molar-refractivity contribution in [3.05, 3.63) is 0 Å². The number of nitrogens with zero attached hydrogens (tertiary/aromatic N) is 2. The van der Waals surface area contributed by atoms with Gasteiger partial charge in [0.2, 0.25) is 5.91 Å². The van der Waals surface area contributed by atoms with Crippen molar-refractivity contribution in [1.82, 2.24) is 15.1 Å². The molecule has 0 radical (unpaired) electrons. The van der Waals surface area contributed by atoms with Crippen molar-refractivity contribution in [3.8, 4) is 0 Å². The molecule has 2 aliphatic rings. The summed E-state index contributed by atoms with van der Waals surface area (Å²) in [5, 5.41) is 11.6. The van der Waals surface area contributed by atoms with E-state index in [4.69, 9.17) is 5.11 Å².